The van der Waals surface area contributed by atoms with Crippen molar-refractivity contribution < 1.29 is 42.3 Å². The molecule has 3 heterocycles. The van der Waals surface area contributed by atoms with E-state index in [9.17, 15) is 5.48 Å². The number of rotatable bonds is 8. The number of benzene rings is 8. The van der Waals surface area contributed by atoms with Gasteiger partial charge < -0.3 is 9.30 Å². The number of para-hydroxylation sites is 3. The number of fused-ring (bicyclic) bond motifs is 5. The Balaban J connectivity index is 0.00000884. The summed E-state index contributed by atoms with van der Waals surface area (Å²) in [6.45, 7) is 25.7. The second-order valence-corrected chi connectivity index (χ2v) is 26.0. The summed E-state index contributed by atoms with van der Waals surface area (Å²) >= 11 is 0. The molecule has 0 amide bonds. The zero-order chi connectivity index (χ0) is 66.6. The summed E-state index contributed by atoms with van der Waals surface area (Å²) in [6, 6.07) is 41.8. The van der Waals surface area contributed by atoms with E-state index in [1.165, 1.54) is 16.2 Å². The van der Waals surface area contributed by atoms with Crippen LogP contribution in [0.25, 0.3) is 61.0 Å². The summed E-state index contributed by atoms with van der Waals surface area (Å²) in [6.07, 6.45) is 3.53. The summed E-state index contributed by atoms with van der Waals surface area (Å²) < 4.78 is 120. The van der Waals surface area contributed by atoms with Gasteiger partial charge in [0.05, 0.1) is 23.5 Å². The summed E-state index contributed by atoms with van der Waals surface area (Å²) in [7, 11) is 0. The minimum absolute atomic E-state index is 0. The number of aryl methyl sites for hydroxylation is 1. The van der Waals surface area contributed by atoms with Crippen molar-refractivity contribution in [3.05, 3.63) is 215 Å². The molecule has 1 aliphatic heterocycles. The van der Waals surface area contributed by atoms with Crippen molar-refractivity contribution in [3.63, 3.8) is 0 Å². The summed E-state index contributed by atoms with van der Waals surface area (Å²) in [5.74, 6) is 0.556. The molecular formula is C75H74N4OPt+2. The van der Waals surface area contributed by atoms with Gasteiger partial charge in [-0.25, -0.2) is 4.98 Å². The van der Waals surface area contributed by atoms with Crippen LogP contribution in [0.5, 0.6) is 11.5 Å². The number of ether oxygens (including phenoxy) is 1. The summed E-state index contributed by atoms with van der Waals surface area (Å²) in [4.78, 5) is 4.93. The standard InChI is InChI=1S/C75H74N4O.Pt/c1-48-37-69(76-46-62(48)50-31-34-63-64(40-50)75(13,14)36-35-74(63,11)12)79-65-28-19-18-27-58(65)59-33-32-57(45-68(59)79)80-56-26-22-25-55(44-56)77-47-78(67-30-21-20-29-66(67)77)70-60(49-23-16-15-17-24-49)42-54(73(8,9)10)43-61(70)51-38-52(71(2,3)4)41-53(39-51)72(5,6)7;/h15-34,37-43,46H,35-36H2,1-14H3;/q;+2/i1D3,15D,16D,17D,18D,19D,23D,24D,27D,28D;. The first kappa shape index (κ1) is 42.4. The molecule has 0 fully saturated rings. The van der Waals surface area contributed by atoms with Crippen molar-refractivity contribution >= 4 is 50.6 Å². The van der Waals surface area contributed by atoms with Gasteiger partial charge in [0.25, 0.3) is 11.4 Å². The van der Waals surface area contributed by atoms with Crippen molar-refractivity contribution in [2.75, 3.05) is 0 Å². The zero-order valence-electron chi connectivity index (χ0n) is 60.4. The van der Waals surface area contributed by atoms with Crippen molar-refractivity contribution in [2.45, 2.75) is 137 Å². The Kier molecular flexibility index (Phi) is 10.6. The molecule has 408 valence electrons. The normalized spacial score (nSPS) is 17.0. The fourth-order valence-corrected chi connectivity index (χ4v) is 11.4. The third-order valence-corrected chi connectivity index (χ3v) is 16.3. The van der Waals surface area contributed by atoms with E-state index < -0.39 is 42.5 Å². The van der Waals surface area contributed by atoms with Crippen molar-refractivity contribution in [3.8, 4) is 50.7 Å². The van der Waals surface area contributed by atoms with Crippen LogP contribution in [-0.4, -0.2) is 15.6 Å². The van der Waals surface area contributed by atoms with E-state index >= 15 is 0 Å². The molecule has 6 heteroatoms. The molecule has 0 atom stereocenters. The van der Waals surface area contributed by atoms with E-state index in [0.29, 0.717) is 44.8 Å². The van der Waals surface area contributed by atoms with Gasteiger partial charge in [0.2, 0.25) is 5.69 Å². The number of hydrogen-bond donors (Lipinski definition) is 0. The summed E-state index contributed by atoms with van der Waals surface area (Å²) in [5, 5.41) is 0.613. The predicted molar refractivity (Wildman–Crippen MR) is 336 cm³/mol. The molecule has 8 aromatic carbocycles. The van der Waals surface area contributed by atoms with Gasteiger partial charge in [-0.1, -0.05) is 209 Å². The van der Waals surface area contributed by atoms with Gasteiger partial charge >= 0.3 is 27.1 Å². The van der Waals surface area contributed by atoms with Crippen LogP contribution in [0.1, 0.15) is 153 Å². The molecule has 10 aromatic rings. The number of hydrogen-bond acceptors (Lipinski definition) is 2. The first-order valence-electron chi connectivity index (χ1n) is 33.6. The Hall–Kier alpha value is -7.42. The van der Waals surface area contributed by atoms with E-state index in [-0.39, 0.29) is 112 Å². The number of pyridine rings is 1. The molecule has 1 aliphatic carbocycles. The number of aromatic nitrogens is 2. The Bertz CT molecular complexity index is 4820. The predicted octanol–water partition coefficient (Wildman–Crippen LogP) is 20.0. The van der Waals surface area contributed by atoms with Crippen LogP contribution >= 0.6 is 0 Å². The molecule has 0 spiro atoms. The maximum atomic E-state index is 9.48. The SMILES string of the molecule is [2H]c1c([2H])c([2H])c(-c2cc(C(C)(C)C)cc(-c3cc(C(C)(C)C)cc(C(C)(C)C)c3)c2[N+]2=C=[N+](c3[c-]c(Oc4[c-]c5c(cc4)c4c([2H])c([2H])c([2H])c([2H])c4n5-c4cc(C([2H])([2H])[2H])c(-c5ccc6c(c5)C(C)(C)CCC6(C)C)cn4)ccc3)c3ccccc32)c([2H])c1[2H].[Pt+2]. The smallest absolute Gasteiger partial charge is 0.509 e. The molecule has 0 bridgehead atoms. The third-order valence-electron chi connectivity index (χ3n) is 16.3. The van der Waals surface area contributed by atoms with Crippen LogP contribution in [0.4, 0.5) is 22.7 Å². The first-order chi connectivity index (χ1) is 42.9. The molecule has 0 saturated heterocycles. The number of nitrogens with zero attached hydrogens (tertiary/aromatic N) is 4. The van der Waals surface area contributed by atoms with E-state index in [1.807, 2.05) is 57.7 Å². The van der Waals surface area contributed by atoms with Gasteiger partial charge in [-0.15, -0.1) is 23.6 Å². The second kappa shape index (κ2) is 20.2. The Labute approximate surface area is 511 Å². The van der Waals surface area contributed by atoms with Crippen LogP contribution in [0, 0.1) is 19.0 Å². The first-order valence-corrected chi connectivity index (χ1v) is 27.6. The zero-order valence-corrected chi connectivity index (χ0v) is 50.7. The van der Waals surface area contributed by atoms with Gasteiger partial charge in [0, 0.05) is 45.0 Å². The third kappa shape index (κ3) is 10.2. The monoisotopic (exact) mass is 1250 g/mol. The maximum Gasteiger partial charge on any atom is 2.00 e. The Morgan fingerprint density at radius 3 is 1.88 bits per heavy atom. The molecular weight excluding hydrogens is 1170 g/mol. The van der Waals surface area contributed by atoms with Crippen molar-refractivity contribution in [1.29, 1.82) is 0 Å². The van der Waals surface area contributed by atoms with Crippen LogP contribution < -0.4 is 13.9 Å². The molecule has 2 aliphatic rings. The minimum atomic E-state index is -2.63. The molecule has 2 aromatic heterocycles. The minimum Gasteiger partial charge on any atom is -0.509 e. The van der Waals surface area contributed by atoms with Crippen LogP contribution in [0.2, 0.25) is 0 Å². The van der Waals surface area contributed by atoms with Gasteiger partial charge in [-0.05, 0) is 131 Å². The maximum absolute atomic E-state index is 9.48. The largest absolute Gasteiger partial charge is 2.00 e. The van der Waals surface area contributed by atoms with Crippen LogP contribution in [0.15, 0.2) is 170 Å². The van der Waals surface area contributed by atoms with E-state index in [4.69, 9.17) is 20.7 Å². The van der Waals surface area contributed by atoms with Gasteiger partial charge in [-0.2, -0.15) is 12.1 Å². The molecule has 81 heavy (non-hydrogen) atoms. The van der Waals surface area contributed by atoms with Gasteiger partial charge in [0.1, 0.15) is 11.5 Å². The van der Waals surface area contributed by atoms with E-state index in [2.05, 4.69) is 145 Å². The fourth-order valence-electron chi connectivity index (χ4n) is 11.4. The molecule has 0 unspecified atom stereocenters. The topological polar surface area (TPSA) is 33.1 Å². The molecule has 0 radical (unpaired) electrons. The average Bonchev–Trinajstić information content (AvgIpc) is 1.69. The van der Waals surface area contributed by atoms with Crippen LogP contribution in [-0.2, 0) is 48.1 Å². The molecule has 12 rings (SSSR count). The van der Waals surface area contributed by atoms with Gasteiger partial charge in [-0.3, -0.25) is 0 Å². The van der Waals surface area contributed by atoms with Crippen LogP contribution in [0.3, 0.4) is 0 Å². The molecule has 5 nitrogen and oxygen atoms in total. The fraction of sp³-hybridized carbons (Fsp3) is 0.280. The average molecular weight is 1250 g/mol. The quantitative estimate of drug-likeness (QED) is 0.112. The van der Waals surface area contributed by atoms with Gasteiger partial charge in [0.15, 0.2) is 0 Å². The Morgan fingerprint density at radius 1 is 0.580 bits per heavy atom. The summed E-state index contributed by atoms with van der Waals surface area (Å²) in [5.41, 5.74) is 10.3. The van der Waals surface area contributed by atoms with E-state index in [1.54, 1.807) is 24.4 Å². The second-order valence-electron chi connectivity index (χ2n) is 26.0. The molecule has 0 saturated carbocycles. The van der Waals surface area contributed by atoms with Crippen molar-refractivity contribution in [1.82, 2.24) is 18.7 Å². The van der Waals surface area contributed by atoms with Crippen molar-refractivity contribution in [2.24, 2.45) is 0 Å². The molecule has 0 N–H and O–H groups in total. The Morgan fingerprint density at radius 2 is 1.20 bits per heavy atom. The van der Waals surface area contributed by atoms with E-state index in [0.717, 1.165) is 46.2 Å².